The molecule has 0 radical (unpaired) electrons. The molecule has 3 aliphatic heterocycles. The minimum atomic E-state index is -0.294. The average Bonchev–Trinajstić information content (AvgIpc) is 3.30. The van der Waals surface area contributed by atoms with Crippen LogP contribution in [-0.2, 0) is 16.0 Å². The van der Waals surface area contributed by atoms with Gasteiger partial charge in [-0.15, -0.1) is 6.58 Å². The zero-order valence-corrected chi connectivity index (χ0v) is 17.8. The molecule has 1 aromatic carbocycles. The Balaban J connectivity index is 1.49. The Labute approximate surface area is 181 Å². The summed E-state index contributed by atoms with van der Waals surface area (Å²) < 4.78 is 6.25. The van der Waals surface area contributed by atoms with E-state index in [0.717, 1.165) is 41.5 Å². The van der Waals surface area contributed by atoms with Gasteiger partial charge in [0, 0.05) is 23.7 Å². The van der Waals surface area contributed by atoms with Crippen LogP contribution in [0.2, 0.25) is 0 Å². The van der Waals surface area contributed by atoms with Crippen molar-refractivity contribution >= 4 is 28.2 Å². The van der Waals surface area contributed by atoms with Gasteiger partial charge in [0.25, 0.3) is 0 Å². The number of nitrogens with zero attached hydrogens (tertiary/aromatic N) is 2. The van der Waals surface area contributed by atoms with Crippen molar-refractivity contribution in [2.24, 2.45) is 11.8 Å². The Bertz CT molecular complexity index is 1040. The zero-order chi connectivity index (χ0) is 20.5. The van der Waals surface area contributed by atoms with Gasteiger partial charge in [0.05, 0.1) is 18.0 Å². The fourth-order valence-corrected chi connectivity index (χ4v) is 5.82. The molecule has 30 heavy (non-hydrogen) atoms. The molecule has 3 saturated heterocycles. The van der Waals surface area contributed by atoms with Crippen molar-refractivity contribution in [2.75, 3.05) is 13.1 Å². The molecule has 3 aromatic rings. The Hall–Kier alpha value is -2.50. The first-order chi connectivity index (χ1) is 14.7. The SMILES string of the molecule is C=CC1CN2CCC1CC2C(OC(=O)Cc1ccsc1)c1ccnc2ccccc12. The number of esters is 1. The van der Waals surface area contributed by atoms with Gasteiger partial charge in [0.2, 0.25) is 0 Å². The summed E-state index contributed by atoms with van der Waals surface area (Å²) in [5.41, 5.74) is 3.02. The number of piperidine rings is 3. The quantitative estimate of drug-likeness (QED) is 0.416. The van der Waals surface area contributed by atoms with E-state index in [2.05, 4.69) is 28.6 Å². The van der Waals surface area contributed by atoms with Crippen molar-refractivity contribution in [3.05, 3.63) is 77.1 Å². The summed E-state index contributed by atoms with van der Waals surface area (Å²) >= 11 is 1.61. The van der Waals surface area contributed by atoms with E-state index < -0.39 is 0 Å². The highest BCUT2D eigenvalue weighted by atomic mass is 32.1. The lowest BCUT2D eigenvalue weighted by Gasteiger charge is -2.51. The van der Waals surface area contributed by atoms with Crippen LogP contribution < -0.4 is 0 Å². The number of hydrogen-bond acceptors (Lipinski definition) is 5. The fourth-order valence-electron chi connectivity index (χ4n) is 5.15. The second-order valence-corrected chi connectivity index (χ2v) is 9.16. The summed E-state index contributed by atoms with van der Waals surface area (Å²) in [5.74, 6) is 0.984. The van der Waals surface area contributed by atoms with E-state index in [4.69, 9.17) is 4.74 Å². The summed E-state index contributed by atoms with van der Waals surface area (Å²) in [6.07, 6.45) is 6.18. The van der Waals surface area contributed by atoms with Crippen LogP contribution in [0.25, 0.3) is 10.9 Å². The highest BCUT2D eigenvalue weighted by molar-refractivity contribution is 7.08. The lowest BCUT2D eigenvalue weighted by molar-refractivity contribution is -0.156. The number of carbonyl (C=O) groups is 1. The molecule has 4 nitrogen and oxygen atoms in total. The van der Waals surface area contributed by atoms with Crippen molar-refractivity contribution in [3.63, 3.8) is 0 Å². The number of ether oxygens (including phenoxy) is 1. The number of fused-ring (bicyclic) bond motifs is 4. The lowest BCUT2D eigenvalue weighted by Crippen LogP contribution is -2.55. The molecule has 3 fully saturated rings. The molecule has 2 aromatic heterocycles. The molecular formula is C25H26N2O2S. The van der Waals surface area contributed by atoms with Crippen molar-refractivity contribution in [2.45, 2.75) is 31.4 Å². The molecule has 5 heterocycles. The summed E-state index contributed by atoms with van der Waals surface area (Å²) in [4.78, 5) is 20.0. The van der Waals surface area contributed by atoms with E-state index in [1.807, 2.05) is 47.3 Å². The topological polar surface area (TPSA) is 42.4 Å². The monoisotopic (exact) mass is 418 g/mol. The third kappa shape index (κ3) is 3.68. The number of aromatic nitrogens is 1. The van der Waals surface area contributed by atoms with Crippen LogP contribution in [0.3, 0.4) is 0 Å². The second kappa shape index (κ2) is 8.32. The van der Waals surface area contributed by atoms with Crippen LogP contribution in [0.15, 0.2) is 66.0 Å². The molecular weight excluding hydrogens is 392 g/mol. The van der Waals surface area contributed by atoms with Crippen LogP contribution in [-0.4, -0.2) is 35.0 Å². The van der Waals surface area contributed by atoms with Crippen molar-refractivity contribution in [1.82, 2.24) is 9.88 Å². The van der Waals surface area contributed by atoms with Gasteiger partial charge >= 0.3 is 5.97 Å². The van der Waals surface area contributed by atoms with Crippen molar-refractivity contribution < 1.29 is 9.53 Å². The van der Waals surface area contributed by atoms with Crippen LogP contribution >= 0.6 is 11.3 Å². The molecule has 6 rings (SSSR count). The highest BCUT2D eigenvalue weighted by Crippen LogP contribution is 2.43. The highest BCUT2D eigenvalue weighted by Gasteiger charge is 2.44. The van der Waals surface area contributed by atoms with Crippen LogP contribution in [0.5, 0.6) is 0 Å². The summed E-state index contributed by atoms with van der Waals surface area (Å²) in [7, 11) is 0. The van der Waals surface area contributed by atoms with E-state index in [-0.39, 0.29) is 18.1 Å². The molecule has 5 atom stereocenters. The molecule has 0 aliphatic carbocycles. The number of hydrogen-bond donors (Lipinski definition) is 0. The summed E-state index contributed by atoms with van der Waals surface area (Å²) in [5, 5.41) is 5.08. The smallest absolute Gasteiger partial charge is 0.310 e. The van der Waals surface area contributed by atoms with Gasteiger partial charge in [-0.2, -0.15) is 11.3 Å². The number of pyridine rings is 1. The normalized spacial score (nSPS) is 26.4. The molecule has 3 aliphatic rings. The maximum Gasteiger partial charge on any atom is 0.310 e. The van der Waals surface area contributed by atoms with Gasteiger partial charge in [0.15, 0.2) is 0 Å². The van der Waals surface area contributed by atoms with E-state index in [9.17, 15) is 4.79 Å². The second-order valence-electron chi connectivity index (χ2n) is 8.38. The molecule has 0 amide bonds. The van der Waals surface area contributed by atoms with E-state index in [0.29, 0.717) is 18.3 Å². The van der Waals surface area contributed by atoms with Gasteiger partial charge in [-0.1, -0.05) is 24.3 Å². The first kappa shape index (κ1) is 19.5. The predicted molar refractivity (Wildman–Crippen MR) is 120 cm³/mol. The van der Waals surface area contributed by atoms with E-state index >= 15 is 0 Å². The molecule has 5 unspecified atom stereocenters. The van der Waals surface area contributed by atoms with Gasteiger partial charge in [-0.05, 0) is 65.7 Å². The van der Waals surface area contributed by atoms with Crippen LogP contribution in [0, 0.1) is 11.8 Å². The summed E-state index contributed by atoms with van der Waals surface area (Å²) in [6.45, 7) is 6.10. The summed E-state index contributed by atoms with van der Waals surface area (Å²) in [6, 6.07) is 12.3. The first-order valence-electron chi connectivity index (χ1n) is 10.6. The van der Waals surface area contributed by atoms with Crippen molar-refractivity contribution in [1.29, 1.82) is 0 Å². The molecule has 154 valence electrons. The number of thiophene rings is 1. The Morgan fingerprint density at radius 1 is 1.33 bits per heavy atom. The number of para-hydroxylation sites is 1. The standard InChI is InChI=1S/C25H26N2O2S/c1-2-18-15-27-11-8-19(18)14-23(27)25(29-24(28)13-17-9-12-30-16-17)21-7-10-26-22-6-4-3-5-20(21)22/h2-7,9-10,12,16,18-19,23,25H,1,8,11,13-15H2. The third-order valence-electron chi connectivity index (χ3n) is 6.68. The van der Waals surface area contributed by atoms with Gasteiger partial charge in [-0.3, -0.25) is 14.7 Å². The number of rotatable bonds is 6. The number of carbonyl (C=O) groups excluding carboxylic acids is 1. The molecule has 5 heteroatoms. The average molecular weight is 419 g/mol. The molecule has 0 saturated carbocycles. The van der Waals surface area contributed by atoms with E-state index in [1.165, 1.54) is 6.42 Å². The van der Waals surface area contributed by atoms with Gasteiger partial charge in [0.1, 0.15) is 6.10 Å². The first-order valence-corrected chi connectivity index (χ1v) is 11.6. The predicted octanol–water partition coefficient (Wildman–Crippen LogP) is 5.02. The fraction of sp³-hybridized carbons (Fsp3) is 0.360. The van der Waals surface area contributed by atoms with Crippen molar-refractivity contribution in [3.8, 4) is 0 Å². The zero-order valence-electron chi connectivity index (χ0n) is 16.9. The minimum absolute atomic E-state index is 0.165. The maximum atomic E-state index is 12.9. The van der Waals surface area contributed by atoms with Gasteiger partial charge in [-0.25, -0.2) is 0 Å². The molecule has 0 spiro atoms. The Morgan fingerprint density at radius 2 is 2.23 bits per heavy atom. The van der Waals surface area contributed by atoms with Crippen LogP contribution in [0.1, 0.15) is 30.1 Å². The maximum absolute atomic E-state index is 12.9. The Kier molecular flexibility index (Phi) is 5.40. The molecule has 0 N–H and O–H groups in total. The van der Waals surface area contributed by atoms with E-state index in [1.54, 1.807) is 11.3 Å². The third-order valence-corrected chi connectivity index (χ3v) is 7.41. The number of benzene rings is 1. The molecule has 2 bridgehead atoms. The van der Waals surface area contributed by atoms with Crippen LogP contribution in [0.4, 0.5) is 0 Å². The largest absolute Gasteiger partial charge is 0.456 e. The lowest BCUT2D eigenvalue weighted by atomic mass is 9.73. The minimum Gasteiger partial charge on any atom is -0.456 e. The Morgan fingerprint density at radius 3 is 3.00 bits per heavy atom. The van der Waals surface area contributed by atoms with Gasteiger partial charge < -0.3 is 4.74 Å².